The van der Waals surface area contributed by atoms with E-state index < -0.39 is 25.1 Å². The summed E-state index contributed by atoms with van der Waals surface area (Å²) in [5.41, 5.74) is 6.46. The molecule has 0 saturated carbocycles. The van der Waals surface area contributed by atoms with E-state index in [0.29, 0.717) is 18.5 Å². The first kappa shape index (κ1) is 17.4. The average Bonchev–Trinajstić information content (AvgIpc) is 2.41. The minimum Gasteiger partial charge on any atom is -0.326 e. The summed E-state index contributed by atoms with van der Waals surface area (Å²) in [6, 6.07) is 9.54. The predicted octanol–water partition coefficient (Wildman–Crippen LogP) is 3.81. The normalized spacial score (nSPS) is 12.2. The highest BCUT2D eigenvalue weighted by molar-refractivity contribution is 5.15. The van der Waals surface area contributed by atoms with E-state index >= 15 is 0 Å². The van der Waals surface area contributed by atoms with E-state index in [-0.39, 0.29) is 0 Å². The van der Waals surface area contributed by atoms with E-state index in [0.717, 1.165) is 5.56 Å². The summed E-state index contributed by atoms with van der Waals surface area (Å²) in [5, 5.41) is 0. The van der Waals surface area contributed by atoms with Crippen LogP contribution in [0.2, 0.25) is 0 Å². The van der Waals surface area contributed by atoms with Crippen LogP contribution in [0.4, 0.5) is 22.0 Å². The Morgan fingerprint density at radius 3 is 2.24 bits per heavy atom. The summed E-state index contributed by atoms with van der Waals surface area (Å²) >= 11 is 0. The minimum absolute atomic E-state index is 0.517. The molecule has 0 spiro atoms. The number of hydrazine groups is 1. The molecule has 0 fully saturated rings. The number of hydrogen-bond acceptors (Lipinski definition) is 2. The fourth-order valence-electron chi connectivity index (χ4n) is 1.55. The van der Waals surface area contributed by atoms with Crippen LogP contribution in [0, 0.1) is 0 Å². The molecule has 0 aliphatic rings. The van der Waals surface area contributed by atoms with Crippen molar-refractivity contribution in [2.24, 2.45) is 0 Å². The number of allylic oxidation sites excluding steroid dienone is 1. The van der Waals surface area contributed by atoms with Gasteiger partial charge in [0.05, 0.1) is 0 Å². The second kappa shape index (κ2) is 7.40. The van der Waals surface area contributed by atoms with Gasteiger partial charge in [-0.05, 0) is 18.4 Å². The lowest BCUT2D eigenvalue weighted by Crippen LogP contribution is -2.41. The van der Waals surface area contributed by atoms with Crippen molar-refractivity contribution in [1.29, 1.82) is 0 Å². The molecule has 1 aromatic rings. The largest absolute Gasteiger partial charge is 0.453 e. The predicted molar refractivity (Wildman–Crippen MR) is 70.7 cm³/mol. The summed E-state index contributed by atoms with van der Waals surface area (Å²) in [6.07, 6.45) is -5.59. The molecule has 118 valence electrons. The molecule has 21 heavy (non-hydrogen) atoms. The summed E-state index contributed by atoms with van der Waals surface area (Å²) in [6.45, 7) is 3.15. The monoisotopic (exact) mass is 308 g/mol. The van der Waals surface area contributed by atoms with Crippen LogP contribution in [-0.2, 0) is 6.42 Å². The van der Waals surface area contributed by atoms with Crippen LogP contribution in [0.15, 0.2) is 42.6 Å². The molecule has 2 N–H and O–H groups in total. The van der Waals surface area contributed by atoms with E-state index in [1.807, 2.05) is 30.3 Å². The number of benzene rings is 1. The van der Waals surface area contributed by atoms with Gasteiger partial charge in [0.1, 0.15) is 0 Å². The number of hydrogen-bond donors (Lipinski definition) is 2. The topological polar surface area (TPSA) is 24.1 Å². The Morgan fingerprint density at radius 2 is 1.67 bits per heavy atom. The maximum absolute atomic E-state index is 12.6. The van der Waals surface area contributed by atoms with Gasteiger partial charge in [-0.15, -0.1) is 0 Å². The van der Waals surface area contributed by atoms with E-state index in [1.54, 1.807) is 0 Å². The second-order valence-corrected chi connectivity index (χ2v) is 4.59. The van der Waals surface area contributed by atoms with Gasteiger partial charge in [0.2, 0.25) is 0 Å². The Bertz CT molecular complexity index is 442. The highest BCUT2D eigenvalue weighted by Crippen LogP contribution is 2.37. The van der Waals surface area contributed by atoms with Gasteiger partial charge < -0.3 is 5.43 Å². The zero-order chi connectivity index (χ0) is 15.9. The third-order valence-electron chi connectivity index (χ3n) is 2.80. The van der Waals surface area contributed by atoms with Gasteiger partial charge in [-0.2, -0.15) is 22.0 Å². The third kappa shape index (κ3) is 6.12. The molecule has 0 heterocycles. The lowest BCUT2D eigenvalue weighted by atomic mass is 10.1. The highest BCUT2D eigenvalue weighted by atomic mass is 19.4. The second-order valence-electron chi connectivity index (χ2n) is 4.59. The molecule has 0 atom stereocenters. The number of aryl methyl sites for hydroxylation is 1. The quantitative estimate of drug-likeness (QED) is 0.433. The molecule has 1 rings (SSSR count). The van der Waals surface area contributed by atoms with Crippen LogP contribution in [0.1, 0.15) is 18.4 Å². The van der Waals surface area contributed by atoms with Gasteiger partial charge in [0.15, 0.2) is 0 Å². The van der Waals surface area contributed by atoms with Crippen molar-refractivity contribution >= 4 is 0 Å². The number of halogens is 5. The zero-order valence-electron chi connectivity index (χ0n) is 11.3. The third-order valence-corrected chi connectivity index (χ3v) is 2.80. The van der Waals surface area contributed by atoms with E-state index in [2.05, 4.69) is 17.4 Å². The Labute approximate surface area is 120 Å². The molecule has 0 radical (unpaired) electrons. The van der Waals surface area contributed by atoms with Crippen molar-refractivity contribution < 1.29 is 22.0 Å². The van der Waals surface area contributed by atoms with Gasteiger partial charge in [0.25, 0.3) is 0 Å². The molecule has 2 nitrogen and oxygen atoms in total. The Kier molecular flexibility index (Phi) is 6.14. The molecule has 0 unspecified atom stereocenters. The summed E-state index contributed by atoms with van der Waals surface area (Å²) in [7, 11) is 0. The van der Waals surface area contributed by atoms with Crippen molar-refractivity contribution in [3.05, 3.63) is 48.2 Å². The van der Waals surface area contributed by atoms with Crippen LogP contribution in [-0.4, -0.2) is 18.6 Å². The Balaban J connectivity index is 2.20. The molecule has 0 amide bonds. The Morgan fingerprint density at radius 1 is 1.05 bits per heavy atom. The molecule has 7 heteroatoms. The maximum atomic E-state index is 12.6. The van der Waals surface area contributed by atoms with Crippen molar-refractivity contribution in [2.45, 2.75) is 31.4 Å². The summed E-state index contributed by atoms with van der Waals surface area (Å²) < 4.78 is 61.0. The molecule has 0 aliphatic carbocycles. The first-order valence-electron chi connectivity index (χ1n) is 6.37. The number of nitrogens with one attached hydrogen (secondary N) is 2. The van der Waals surface area contributed by atoms with E-state index in [9.17, 15) is 22.0 Å². The van der Waals surface area contributed by atoms with Crippen molar-refractivity contribution in [3.8, 4) is 0 Å². The van der Waals surface area contributed by atoms with Crippen molar-refractivity contribution in [2.75, 3.05) is 6.54 Å². The van der Waals surface area contributed by atoms with Gasteiger partial charge in [-0.1, -0.05) is 36.9 Å². The molecule has 0 aromatic heterocycles. The minimum atomic E-state index is -5.51. The van der Waals surface area contributed by atoms with Crippen LogP contribution in [0.25, 0.3) is 0 Å². The maximum Gasteiger partial charge on any atom is 0.453 e. The SMILES string of the molecule is C=C(CCc1ccccc1)NNCCC(F)(F)C(F)(F)F. The smallest absolute Gasteiger partial charge is 0.326 e. The fraction of sp³-hybridized carbons (Fsp3) is 0.429. The van der Waals surface area contributed by atoms with Gasteiger partial charge in [-0.3, -0.25) is 0 Å². The van der Waals surface area contributed by atoms with Crippen molar-refractivity contribution in [3.63, 3.8) is 0 Å². The van der Waals surface area contributed by atoms with Crippen LogP contribution in [0.3, 0.4) is 0 Å². The summed E-state index contributed by atoms with van der Waals surface area (Å²) in [5.74, 6) is -4.69. The zero-order valence-corrected chi connectivity index (χ0v) is 11.3. The van der Waals surface area contributed by atoms with Gasteiger partial charge in [-0.25, -0.2) is 5.43 Å². The first-order valence-corrected chi connectivity index (χ1v) is 6.37. The number of rotatable bonds is 8. The average molecular weight is 308 g/mol. The van der Waals surface area contributed by atoms with Crippen LogP contribution < -0.4 is 10.9 Å². The molecule has 1 aromatic carbocycles. The first-order chi connectivity index (χ1) is 9.72. The molecular formula is C14H17F5N2. The van der Waals surface area contributed by atoms with E-state index in [1.165, 1.54) is 0 Å². The van der Waals surface area contributed by atoms with Crippen LogP contribution in [0.5, 0.6) is 0 Å². The Hall–Kier alpha value is -1.63. The lowest BCUT2D eigenvalue weighted by Gasteiger charge is -2.20. The number of alkyl halides is 5. The molecular weight excluding hydrogens is 291 g/mol. The van der Waals surface area contributed by atoms with Gasteiger partial charge in [0, 0.05) is 18.7 Å². The fourth-order valence-corrected chi connectivity index (χ4v) is 1.55. The van der Waals surface area contributed by atoms with Crippen LogP contribution >= 0.6 is 0 Å². The van der Waals surface area contributed by atoms with Gasteiger partial charge >= 0.3 is 12.1 Å². The van der Waals surface area contributed by atoms with E-state index in [4.69, 9.17) is 0 Å². The molecule has 0 bridgehead atoms. The summed E-state index contributed by atoms with van der Waals surface area (Å²) in [4.78, 5) is 0. The van der Waals surface area contributed by atoms with Crippen molar-refractivity contribution in [1.82, 2.24) is 10.9 Å². The lowest BCUT2D eigenvalue weighted by molar-refractivity contribution is -0.283. The molecule has 0 aliphatic heterocycles. The standard InChI is InChI=1S/C14H17F5N2/c1-11(7-8-12-5-3-2-4-6-12)21-20-10-9-13(15,16)14(17,18)19/h2-6,20-21H,1,7-10H2. The molecule has 0 saturated heterocycles. The highest BCUT2D eigenvalue weighted by Gasteiger charge is 2.56.